The van der Waals surface area contributed by atoms with Crippen molar-refractivity contribution in [2.45, 2.75) is 26.7 Å². The van der Waals surface area contributed by atoms with Gasteiger partial charge in [-0.3, -0.25) is 0 Å². The highest BCUT2D eigenvalue weighted by Gasteiger charge is 2.57. The fourth-order valence-electron chi connectivity index (χ4n) is 2.69. The van der Waals surface area contributed by atoms with E-state index in [0.717, 1.165) is 11.1 Å². The summed E-state index contributed by atoms with van der Waals surface area (Å²) < 4.78 is 13.8. The summed E-state index contributed by atoms with van der Waals surface area (Å²) in [6, 6.07) is 5.49. The number of halogens is 1. The summed E-state index contributed by atoms with van der Waals surface area (Å²) in [4.78, 5) is 0. The molecular weight excluding hydrogens is 189 g/mol. The van der Waals surface area contributed by atoms with Crippen LogP contribution in [0.3, 0.4) is 0 Å². The molecule has 2 rings (SSSR count). The molecule has 0 spiro atoms. The summed E-state index contributed by atoms with van der Waals surface area (Å²) >= 11 is 0. The Kier molecular flexibility index (Phi) is 2.34. The second kappa shape index (κ2) is 3.31. The van der Waals surface area contributed by atoms with Crippen molar-refractivity contribution in [2.75, 3.05) is 6.54 Å². The van der Waals surface area contributed by atoms with Crippen LogP contribution in [0.15, 0.2) is 18.2 Å². The molecule has 1 aliphatic carbocycles. The van der Waals surface area contributed by atoms with Crippen LogP contribution >= 0.6 is 0 Å². The van der Waals surface area contributed by atoms with Gasteiger partial charge in [0.25, 0.3) is 0 Å². The molecule has 2 atom stereocenters. The first-order valence-corrected chi connectivity index (χ1v) is 5.44. The minimum atomic E-state index is -0.0796. The van der Waals surface area contributed by atoms with Gasteiger partial charge < -0.3 is 5.73 Å². The molecule has 1 nitrogen and oxygen atoms in total. The molecule has 0 amide bonds. The van der Waals surface area contributed by atoms with Crippen LogP contribution in [-0.2, 0) is 0 Å². The van der Waals surface area contributed by atoms with Crippen molar-refractivity contribution in [3.63, 3.8) is 0 Å². The lowest BCUT2D eigenvalue weighted by atomic mass is 10.0. The Balaban J connectivity index is 2.33. The normalized spacial score (nSPS) is 27.8. The summed E-state index contributed by atoms with van der Waals surface area (Å²) in [6.07, 6.45) is 0. The number of hydrogen-bond acceptors (Lipinski definition) is 1. The summed E-state index contributed by atoms with van der Waals surface area (Å²) in [6.45, 7) is 6.87. The molecule has 1 aliphatic rings. The zero-order chi connectivity index (χ0) is 11.2. The molecule has 0 unspecified atom stereocenters. The lowest BCUT2D eigenvalue weighted by Gasteiger charge is -2.05. The third-order valence-electron chi connectivity index (χ3n) is 3.80. The Morgan fingerprint density at radius 2 is 2.07 bits per heavy atom. The third kappa shape index (κ3) is 1.57. The molecule has 82 valence electrons. The first-order valence-electron chi connectivity index (χ1n) is 5.44. The van der Waals surface area contributed by atoms with Crippen molar-refractivity contribution >= 4 is 0 Å². The molecule has 0 radical (unpaired) electrons. The maximum Gasteiger partial charge on any atom is 0.126 e. The first-order chi connectivity index (χ1) is 6.98. The van der Waals surface area contributed by atoms with Crippen LogP contribution in [0.4, 0.5) is 4.39 Å². The number of rotatable bonds is 2. The number of nitrogens with two attached hydrogens (primary N) is 1. The van der Waals surface area contributed by atoms with Crippen LogP contribution in [0, 0.1) is 24.1 Å². The van der Waals surface area contributed by atoms with Crippen molar-refractivity contribution in [1.82, 2.24) is 0 Å². The quantitative estimate of drug-likeness (QED) is 0.793. The number of hydrogen-bond donors (Lipinski definition) is 1. The fourth-order valence-corrected chi connectivity index (χ4v) is 2.69. The summed E-state index contributed by atoms with van der Waals surface area (Å²) in [5.41, 5.74) is 7.66. The molecule has 0 saturated heterocycles. The zero-order valence-electron chi connectivity index (χ0n) is 9.55. The largest absolute Gasteiger partial charge is 0.330 e. The average molecular weight is 207 g/mol. The molecule has 1 aromatic rings. The van der Waals surface area contributed by atoms with Gasteiger partial charge in [-0.15, -0.1) is 0 Å². The molecule has 2 N–H and O–H groups in total. The van der Waals surface area contributed by atoms with E-state index >= 15 is 0 Å². The van der Waals surface area contributed by atoms with Crippen LogP contribution in [0.25, 0.3) is 0 Å². The molecule has 0 bridgehead atoms. The van der Waals surface area contributed by atoms with Crippen LogP contribution in [0.1, 0.15) is 30.9 Å². The Morgan fingerprint density at radius 1 is 1.40 bits per heavy atom. The molecule has 0 aromatic heterocycles. The van der Waals surface area contributed by atoms with Gasteiger partial charge in [-0.1, -0.05) is 26.0 Å². The van der Waals surface area contributed by atoms with E-state index in [-0.39, 0.29) is 11.2 Å². The predicted molar refractivity (Wildman–Crippen MR) is 60.2 cm³/mol. The van der Waals surface area contributed by atoms with E-state index in [1.807, 2.05) is 19.1 Å². The smallest absolute Gasteiger partial charge is 0.126 e. The highest BCUT2D eigenvalue weighted by Crippen LogP contribution is 2.64. The minimum Gasteiger partial charge on any atom is -0.330 e. The summed E-state index contributed by atoms with van der Waals surface area (Å²) in [5.74, 6) is 0.641. The van der Waals surface area contributed by atoms with Crippen molar-refractivity contribution in [3.8, 4) is 0 Å². The monoisotopic (exact) mass is 207 g/mol. The highest BCUT2D eigenvalue weighted by molar-refractivity contribution is 5.35. The van der Waals surface area contributed by atoms with Gasteiger partial charge in [0.15, 0.2) is 0 Å². The number of benzene rings is 1. The van der Waals surface area contributed by atoms with Crippen molar-refractivity contribution in [3.05, 3.63) is 35.1 Å². The van der Waals surface area contributed by atoms with Crippen molar-refractivity contribution in [2.24, 2.45) is 17.1 Å². The van der Waals surface area contributed by atoms with E-state index in [4.69, 9.17) is 5.73 Å². The van der Waals surface area contributed by atoms with E-state index in [2.05, 4.69) is 13.8 Å². The standard InChI is InChI=1S/C13H18FN/c1-8-4-5-9(11(14)6-8)12-10(7-15)13(12,2)3/h4-6,10,12H,7,15H2,1-3H3/t10-,12-/m0/s1. The maximum absolute atomic E-state index is 13.8. The molecule has 15 heavy (non-hydrogen) atoms. The maximum atomic E-state index is 13.8. The van der Waals surface area contributed by atoms with E-state index in [0.29, 0.717) is 18.4 Å². The lowest BCUT2D eigenvalue weighted by Crippen LogP contribution is -2.05. The first kappa shape index (κ1) is 10.6. The minimum absolute atomic E-state index is 0.0796. The lowest BCUT2D eigenvalue weighted by molar-refractivity contribution is 0.551. The Hall–Kier alpha value is -0.890. The van der Waals surface area contributed by atoms with Gasteiger partial charge in [0, 0.05) is 0 Å². The summed E-state index contributed by atoms with van der Waals surface area (Å²) in [7, 11) is 0. The molecule has 2 heteroatoms. The Morgan fingerprint density at radius 3 is 2.53 bits per heavy atom. The third-order valence-corrected chi connectivity index (χ3v) is 3.80. The van der Waals surface area contributed by atoms with Gasteiger partial charge in [0.1, 0.15) is 5.82 Å². The van der Waals surface area contributed by atoms with Crippen molar-refractivity contribution < 1.29 is 4.39 Å². The van der Waals surface area contributed by atoms with Gasteiger partial charge >= 0.3 is 0 Å². The molecule has 0 aliphatic heterocycles. The second-order valence-corrected chi connectivity index (χ2v) is 5.17. The fraction of sp³-hybridized carbons (Fsp3) is 0.538. The van der Waals surface area contributed by atoms with Crippen LogP contribution in [0.5, 0.6) is 0 Å². The van der Waals surface area contributed by atoms with E-state index in [1.165, 1.54) is 0 Å². The Bertz CT molecular complexity index is 384. The average Bonchev–Trinajstić information content (AvgIpc) is 2.68. The second-order valence-electron chi connectivity index (χ2n) is 5.17. The molecule has 1 fully saturated rings. The van der Waals surface area contributed by atoms with Crippen molar-refractivity contribution in [1.29, 1.82) is 0 Å². The van der Waals surface area contributed by atoms with Gasteiger partial charge in [-0.2, -0.15) is 0 Å². The highest BCUT2D eigenvalue weighted by atomic mass is 19.1. The summed E-state index contributed by atoms with van der Waals surface area (Å²) in [5, 5.41) is 0. The topological polar surface area (TPSA) is 26.0 Å². The zero-order valence-corrected chi connectivity index (χ0v) is 9.55. The molecular formula is C13H18FN. The van der Waals surface area contributed by atoms with Gasteiger partial charge in [-0.05, 0) is 47.9 Å². The predicted octanol–water partition coefficient (Wildman–Crippen LogP) is 2.83. The van der Waals surface area contributed by atoms with Crippen LogP contribution < -0.4 is 5.73 Å². The van der Waals surface area contributed by atoms with E-state index < -0.39 is 0 Å². The van der Waals surface area contributed by atoms with Gasteiger partial charge in [0.2, 0.25) is 0 Å². The SMILES string of the molecule is Cc1ccc([C@H]2[C@H](CN)C2(C)C)c(F)c1. The van der Waals surface area contributed by atoms with Gasteiger partial charge in [0.05, 0.1) is 0 Å². The molecule has 1 aromatic carbocycles. The van der Waals surface area contributed by atoms with E-state index in [1.54, 1.807) is 6.07 Å². The van der Waals surface area contributed by atoms with Gasteiger partial charge in [-0.25, -0.2) is 4.39 Å². The number of aryl methyl sites for hydroxylation is 1. The van der Waals surface area contributed by atoms with Crippen LogP contribution in [-0.4, -0.2) is 6.54 Å². The van der Waals surface area contributed by atoms with Crippen LogP contribution in [0.2, 0.25) is 0 Å². The Labute approximate surface area is 90.5 Å². The molecule has 0 heterocycles. The molecule has 1 saturated carbocycles. The van der Waals surface area contributed by atoms with E-state index in [9.17, 15) is 4.39 Å².